The Kier molecular flexibility index (Phi) is 5.64. The third kappa shape index (κ3) is 4.01. The minimum Gasteiger partial charge on any atom is -0.330 e. The highest BCUT2D eigenvalue weighted by atomic mass is 32.5. The van der Waals surface area contributed by atoms with E-state index in [-0.39, 0.29) is 0 Å². The molecule has 0 aromatic rings. The van der Waals surface area contributed by atoms with Crippen LogP contribution in [0.25, 0.3) is 0 Å². The molecule has 0 aromatic heterocycles. The summed E-state index contributed by atoms with van der Waals surface area (Å²) in [5.41, 5.74) is 0. The van der Waals surface area contributed by atoms with Crippen molar-refractivity contribution in [2.24, 2.45) is 5.92 Å². The summed E-state index contributed by atoms with van der Waals surface area (Å²) in [5.74, 6) is 0.668. The van der Waals surface area contributed by atoms with Crippen molar-refractivity contribution >= 4 is 18.3 Å². The lowest BCUT2D eigenvalue weighted by Crippen LogP contribution is -2.49. The topological polar surface area (TPSA) is 21.7 Å². The van der Waals surface area contributed by atoms with Gasteiger partial charge in [-0.05, 0) is 63.4 Å². The predicted molar refractivity (Wildman–Crippen MR) is 79.7 cm³/mol. The van der Waals surface area contributed by atoms with Crippen LogP contribution in [0.3, 0.4) is 0 Å². The van der Waals surface area contributed by atoms with Crippen LogP contribution >= 0.6 is 6.49 Å². The van der Waals surface area contributed by atoms with E-state index in [4.69, 9.17) is 20.9 Å². The Morgan fingerprint density at radius 3 is 2.72 bits per heavy atom. The third-order valence-electron chi connectivity index (χ3n) is 4.12. The zero-order valence-electron chi connectivity index (χ0n) is 11.6. The summed E-state index contributed by atoms with van der Waals surface area (Å²) in [4.78, 5) is 2.67. The van der Waals surface area contributed by atoms with Crippen molar-refractivity contribution in [1.82, 2.24) is 4.90 Å². The quantitative estimate of drug-likeness (QED) is 0.725. The van der Waals surface area contributed by atoms with Crippen LogP contribution in [0.4, 0.5) is 0 Å². The number of piperidine rings is 2. The van der Waals surface area contributed by atoms with Gasteiger partial charge >= 0.3 is 0 Å². The van der Waals surface area contributed by atoms with Crippen molar-refractivity contribution in [2.75, 3.05) is 33.0 Å². The SMILES string of the molecule is CCOP(C)(=S)OCC1CCCN2CCCCC12. The molecule has 0 amide bonds. The Labute approximate surface area is 116 Å². The minimum absolute atomic E-state index is 0.661. The molecule has 0 aliphatic carbocycles. The van der Waals surface area contributed by atoms with Gasteiger partial charge in [-0.1, -0.05) is 6.42 Å². The second-order valence-corrected chi connectivity index (χ2v) is 9.54. The molecule has 5 heteroatoms. The molecule has 0 N–H and O–H groups in total. The van der Waals surface area contributed by atoms with Crippen molar-refractivity contribution < 1.29 is 9.05 Å². The van der Waals surface area contributed by atoms with E-state index >= 15 is 0 Å². The summed E-state index contributed by atoms with van der Waals surface area (Å²) in [7, 11) is 0. The molecular formula is C13H26NO2PS. The van der Waals surface area contributed by atoms with Crippen molar-refractivity contribution in [2.45, 2.75) is 45.1 Å². The molecule has 0 spiro atoms. The number of hydrogen-bond donors (Lipinski definition) is 0. The maximum absolute atomic E-state index is 5.94. The number of rotatable bonds is 5. The fourth-order valence-corrected chi connectivity index (χ4v) is 4.78. The summed E-state index contributed by atoms with van der Waals surface area (Å²) in [5, 5.41) is 0. The Hall–Kier alpha value is 0.530. The Balaban J connectivity index is 1.86. The number of fused-ring (bicyclic) bond motifs is 1. The lowest BCUT2D eigenvalue weighted by atomic mass is 9.84. The lowest BCUT2D eigenvalue weighted by Gasteiger charge is -2.44. The van der Waals surface area contributed by atoms with E-state index in [2.05, 4.69) is 4.90 Å². The van der Waals surface area contributed by atoms with Crippen LogP contribution in [0, 0.1) is 5.92 Å². The first-order valence-electron chi connectivity index (χ1n) is 7.23. The molecular weight excluding hydrogens is 265 g/mol. The summed E-state index contributed by atoms with van der Waals surface area (Å²) in [6.45, 7) is 5.97. The Morgan fingerprint density at radius 2 is 1.94 bits per heavy atom. The van der Waals surface area contributed by atoms with E-state index in [9.17, 15) is 0 Å². The normalized spacial score (nSPS) is 32.8. The molecule has 2 fully saturated rings. The van der Waals surface area contributed by atoms with E-state index in [1.54, 1.807) is 0 Å². The molecule has 0 radical (unpaired) electrons. The van der Waals surface area contributed by atoms with E-state index in [1.165, 1.54) is 45.2 Å². The van der Waals surface area contributed by atoms with Crippen molar-refractivity contribution in [3.05, 3.63) is 0 Å². The van der Waals surface area contributed by atoms with E-state index < -0.39 is 6.49 Å². The van der Waals surface area contributed by atoms with Gasteiger partial charge in [0.25, 0.3) is 0 Å². The van der Waals surface area contributed by atoms with Crippen LogP contribution in [0.2, 0.25) is 0 Å². The molecule has 106 valence electrons. The van der Waals surface area contributed by atoms with Crippen molar-refractivity contribution in [3.63, 3.8) is 0 Å². The van der Waals surface area contributed by atoms with Crippen LogP contribution in [0.15, 0.2) is 0 Å². The van der Waals surface area contributed by atoms with Crippen LogP contribution in [-0.2, 0) is 20.9 Å². The first-order valence-corrected chi connectivity index (χ1v) is 10.3. The largest absolute Gasteiger partial charge is 0.330 e. The summed E-state index contributed by atoms with van der Waals surface area (Å²) < 4.78 is 11.5. The molecule has 0 aromatic carbocycles. The van der Waals surface area contributed by atoms with E-state index in [1.807, 2.05) is 13.6 Å². The Bertz CT molecular complexity index is 311. The second kappa shape index (κ2) is 6.81. The van der Waals surface area contributed by atoms with Gasteiger partial charge in [0.2, 0.25) is 0 Å². The van der Waals surface area contributed by atoms with E-state index in [0.29, 0.717) is 12.5 Å². The number of nitrogens with zero attached hydrogens (tertiary/aromatic N) is 1. The minimum atomic E-state index is -1.99. The van der Waals surface area contributed by atoms with Gasteiger partial charge in [-0.2, -0.15) is 0 Å². The monoisotopic (exact) mass is 291 g/mol. The molecule has 3 nitrogen and oxygen atoms in total. The highest BCUT2D eigenvalue weighted by Gasteiger charge is 2.33. The third-order valence-corrected chi connectivity index (χ3v) is 6.09. The summed E-state index contributed by atoms with van der Waals surface area (Å²) in [6, 6.07) is 0.740. The van der Waals surface area contributed by atoms with Crippen LogP contribution in [0.5, 0.6) is 0 Å². The molecule has 2 aliphatic heterocycles. The fourth-order valence-electron chi connectivity index (χ4n) is 3.27. The van der Waals surface area contributed by atoms with Gasteiger partial charge in [-0.15, -0.1) is 0 Å². The van der Waals surface area contributed by atoms with Crippen LogP contribution in [-0.4, -0.2) is 43.9 Å². The second-order valence-electron chi connectivity index (χ2n) is 5.49. The average molecular weight is 291 g/mol. The van der Waals surface area contributed by atoms with Crippen LogP contribution < -0.4 is 0 Å². The van der Waals surface area contributed by atoms with Gasteiger partial charge in [0.05, 0.1) is 13.2 Å². The van der Waals surface area contributed by atoms with Gasteiger partial charge in [0.1, 0.15) is 0 Å². The molecule has 2 heterocycles. The van der Waals surface area contributed by atoms with Gasteiger partial charge in [0.15, 0.2) is 6.49 Å². The van der Waals surface area contributed by atoms with E-state index in [0.717, 1.165) is 12.6 Å². The molecule has 18 heavy (non-hydrogen) atoms. The van der Waals surface area contributed by atoms with Gasteiger partial charge in [-0.3, -0.25) is 0 Å². The summed E-state index contributed by atoms with van der Waals surface area (Å²) >= 11 is 5.41. The molecule has 3 atom stereocenters. The maximum Gasteiger partial charge on any atom is 0.185 e. The average Bonchev–Trinajstić information content (AvgIpc) is 2.36. The van der Waals surface area contributed by atoms with Crippen molar-refractivity contribution in [3.8, 4) is 0 Å². The standard InChI is InChI=1S/C13H26NO2PS/c1-3-15-17(2,18)16-11-12-7-6-10-14-9-5-4-8-13(12)14/h12-13H,3-11H2,1-2H3. The molecule has 2 aliphatic rings. The zero-order chi connectivity index (χ0) is 13.0. The molecule has 0 saturated carbocycles. The zero-order valence-corrected chi connectivity index (χ0v) is 13.3. The number of hydrogen-bond acceptors (Lipinski definition) is 4. The first kappa shape index (κ1) is 14.9. The molecule has 0 bridgehead atoms. The molecule has 2 rings (SSSR count). The lowest BCUT2D eigenvalue weighted by molar-refractivity contribution is 0.0359. The van der Waals surface area contributed by atoms with Crippen molar-refractivity contribution in [1.29, 1.82) is 0 Å². The van der Waals surface area contributed by atoms with Gasteiger partial charge in [-0.25, -0.2) is 0 Å². The molecule has 3 unspecified atom stereocenters. The fraction of sp³-hybridized carbons (Fsp3) is 1.00. The summed E-state index contributed by atoms with van der Waals surface area (Å²) in [6.07, 6.45) is 6.70. The molecule has 2 saturated heterocycles. The highest BCUT2D eigenvalue weighted by molar-refractivity contribution is 8.09. The first-order chi connectivity index (χ1) is 8.62. The van der Waals surface area contributed by atoms with Gasteiger partial charge in [0, 0.05) is 12.7 Å². The van der Waals surface area contributed by atoms with Crippen LogP contribution in [0.1, 0.15) is 39.0 Å². The smallest absolute Gasteiger partial charge is 0.185 e. The highest BCUT2D eigenvalue weighted by Crippen LogP contribution is 2.45. The predicted octanol–water partition coefficient (Wildman–Crippen LogP) is 3.24. The Morgan fingerprint density at radius 1 is 1.17 bits per heavy atom. The maximum atomic E-state index is 5.94. The van der Waals surface area contributed by atoms with Gasteiger partial charge < -0.3 is 13.9 Å².